The molecule has 0 aromatic carbocycles. The first-order valence-corrected chi connectivity index (χ1v) is 6.38. The number of ether oxygens (including phenoxy) is 1. The minimum Gasteiger partial charge on any atom is -0.466 e. The van der Waals surface area contributed by atoms with Crippen LogP contribution in [0.5, 0.6) is 0 Å². The van der Waals surface area contributed by atoms with E-state index in [4.69, 9.17) is 4.74 Å². The van der Waals surface area contributed by atoms with E-state index in [-0.39, 0.29) is 30.2 Å². The standard InChI is InChI=1S/C12H22N2O3.ClH/c1-2-17-11(15)6-4-8-14-12(16)10-5-3-7-13-9-10;/h10,13H,2-9H2,1H3,(H,14,16);1H. The fourth-order valence-electron chi connectivity index (χ4n) is 1.90. The summed E-state index contributed by atoms with van der Waals surface area (Å²) in [5.41, 5.74) is 0. The molecule has 1 amide bonds. The summed E-state index contributed by atoms with van der Waals surface area (Å²) in [4.78, 5) is 22.7. The topological polar surface area (TPSA) is 67.4 Å². The zero-order valence-electron chi connectivity index (χ0n) is 10.9. The molecule has 1 atom stereocenters. The van der Waals surface area contributed by atoms with Crippen molar-refractivity contribution in [3.63, 3.8) is 0 Å². The highest BCUT2D eigenvalue weighted by Gasteiger charge is 2.20. The quantitative estimate of drug-likeness (QED) is 0.559. The maximum absolute atomic E-state index is 11.7. The largest absolute Gasteiger partial charge is 0.466 e. The summed E-state index contributed by atoms with van der Waals surface area (Å²) in [5.74, 6) is -0.00603. The van der Waals surface area contributed by atoms with Crippen molar-refractivity contribution in [1.29, 1.82) is 0 Å². The second-order valence-electron chi connectivity index (χ2n) is 4.24. The molecular formula is C12H23ClN2O3. The van der Waals surface area contributed by atoms with Gasteiger partial charge in [0.1, 0.15) is 0 Å². The van der Waals surface area contributed by atoms with Crippen molar-refractivity contribution in [3.05, 3.63) is 0 Å². The SMILES string of the molecule is CCOC(=O)CCCNC(=O)C1CCCNC1.Cl. The lowest BCUT2D eigenvalue weighted by Crippen LogP contribution is -2.40. The molecule has 6 heteroatoms. The first-order valence-electron chi connectivity index (χ1n) is 6.38. The van der Waals surface area contributed by atoms with E-state index in [2.05, 4.69) is 10.6 Å². The number of esters is 1. The van der Waals surface area contributed by atoms with Gasteiger partial charge in [0.25, 0.3) is 0 Å². The number of halogens is 1. The van der Waals surface area contributed by atoms with Gasteiger partial charge in [0, 0.05) is 19.5 Å². The van der Waals surface area contributed by atoms with Gasteiger partial charge in [-0.25, -0.2) is 0 Å². The monoisotopic (exact) mass is 278 g/mol. The summed E-state index contributed by atoms with van der Waals surface area (Å²) in [6, 6.07) is 0. The lowest BCUT2D eigenvalue weighted by molar-refractivity contribution is -0.143. The Morgan fingerprint density at radius 1 is 1.44 bits per heavy atom. The maximum Gasteiger partial charge on any atom is 0.305 e. The van der Waals surface area contributed by atoms with Gasteiger partial charge in [-0.05, 0) is 32.7 Å². The van der Waals surface area contributed by atoms with Crippen LogP contribution in [0.25, 0.3) is 0 Å². The van der Waals surface area contributed by atoms with Crippen LogP contribution in [-0.4, -0.2) is 38.1 Å². The Morgan fingerprint density at radius 2 is 2.22 bits per heavy atom. The average molecular weight is 279 g/mol. The second kappa shape index (κ2) is 10.1. The van der Waals surface area contributed by atoms with Crippen molar-refractivity contribution in [2.45, 2.75) is 32.6 Å². The predicted molar refractivity (Wildman–Crippen MR) is 71.7 cm³/mol. The highest BCUT2D eigenvalue weighted by atomic mass is 35.5. The van der Waals surface area contributed by atoms with Gasteiger partial charge in [-0.15, -0.1) is 12.4 Å². The molecule has 1 saturated heterocycles. The highest BCUT2D eigenvalue weighted by molar-refractivity contribution is 5.85. The average Bonchev–Trinajstić information content (AvgIpc) is 2.36. The van der Waals surface area contributed by atoms with Crippen LogP contribution in [0.15, 0.2) is 0 Å². The van der Waals surface area contributed by atoms with E-state index in [0.717, 1.165) is 25.9 Å². The number of piperidine rings is 1. The van der Waals surface area contributed by atoms with Crippen LogP contribution >= 0.6 is 12.4 Å². The molecule has 1 heterocycles. The van der Waals surface area contributed by atoms with Gasteiger partial charge >= 0.3 is 5.97 Å². The third kappa shape index (κ3) is 6.81. The second-order valence-corrected chi connectivity index (χ2v) is 4.24. The van der Waals surface area contributed by atoms with Crippen LogP contribution < -0.4 is 10.6 Å². The van der Waals surface area contributed by atoms with E-state index >= 15 is 0 Å². The van der Waals surface area contributed by atoms with Gasteiger partial charge in [0.15, 0.2) is 0 Å². The lowest BCUT2D eigenvalue weighted by Gasteiger charge is -2.21. The van der Waals surface area contributed by atoms with E-state index in [0.29, 0.717) is 26.0 Å². The Labute approximate surface area is 114 Å². The van der Waals surface area contributed by atoms with Crippen LogP contribution in [-0.2, 0) is 14.3 Å². The predicted octanol–water partition coefficient (Wildman–Crippen LogP) is 0.867. The number of hydrogen-bond acceptors (Lipinski definition) is 4. The van der Waals surface area contributed by atoms with Crippen molar-refractivity contribution in [1.82, 2.24) is 10.6 Å². The fraction of sp³-hybridized carbons (Fsp3) is 0.833. The normalized spacial score (nSPS) is 18.6. The molecule has 1 unspecified atom stereocenters. The van der Waals surface area contributed by atoms with Gasteiger partial charge in [-0.2, -0.15) is 0 Å². The van der Waals surface area contributed by atoms with Crippen molar-refractivity contribution >= 4 is 24.3 Å². The fourth-order valence-corrected chi connectivity index (χ4v) is 1.90. The number of amides is 1. The molecule has 1 aliphatic heterocycles. The molecule has 5 nitrogen and oxygen atoms in total. The number of carbonyl (C=O) groups is 2. The molecule has 0 radical (unpaired) electrons. The molecule has 1 aliphatic rings. The molecule has 0 saturated carbocycles. The Morgan fingerprint density at radius 3 is 2.83 bits per heavy atom. The van der Waals surface area contributed by atoms with Crippen LogP contribution in [0.3, 0.4) is 0 Å². The molecule has 0 aliphatic carbocycles. The van der Waals surface area contributed by atoms with Crippen LogP contribution in [0.4, 0.5) is 0 Å². The maximum atomic E-state index is 11.7. The van der Waals surface area contributed by atoms with Crippen LogP contribution in [0, 0.1) is 5.92 Å². The smallest absolute Gasteiger partial charge is 0.305 e. The van der Waals surface area contributed by atoms with Crippen molar-refractivity contribution in [3.8, 4) is 0 Å². The third-order valence-electron chi connectivity index (χ3n) is 2.83. The zero-order chi connectivity index (χ0) is 12.5. The minimum atomic E-state index is -0.193. The zero-order valence-corrected chi connectivity index (χ0v) is 11.7. The number of nitrogens with one attached hydrogen (secondary N) is 2. The number of rotatable bonds is 6. The van der Waals surface area contributed by atoms with E-state index in [1.54, 1.807) is 6.92 Å². The molecular weight excluding hydrogens is 256 g/mol. The third-order valence-corrected chi connectivity index (χ3v) is 2.83. The summed E-state index contributed by atoms with van der Waals surface area (Å²) < 4.78 is 4.80. The molecule has 0 aromatic heterocycles. The van der Waals surface area contributed by atoms with E-state index < -0.39 is 0 Å². The first kappa shape index (κ1) is 17.2. The minimum absolute atomic E-state index is 0. The van der Waals surface area contributed by atoms with E-state index in [1.807, 2.05) is 0 Å². The molecule has 0 aromatic rings. The van der Waals surface area contributed by atoms with Crippen LogP contribution in [0.2, 0.25) is 0 Å². The summed E-state index contributed by atoms with van der Waals surface area (Å²) >= 11 is 0. The Kier molecular flexibility index (Phi) is 9.69. The molecule has 0 bridgehead atoms. The summed E-state index contributed by atoms with van der Waals surface area (Å²) in [6.45, 7) is 4.53. The Hall–Kier alpha value is -0.810. The van der Waals surface area contributed by atoms with Gasteiger partial charge in [-0.1, -0.05) is 0 Å². The Balaban J connectivity index is 0.00000289. The molecule has 2 N–H and O–H groups in total. The number of hydrogen-bond donors (Lipinski definition) is 2. The number of carbonyl (C=O) groups excluding carboxylic acids is 2. The molecule has 18 heavy (non-hydrogen) atoms. The lowest BCUT2D eigenvalue weighted by atomic mass is 9.99. The summed E-state index contributed by atoms with van der Waals surface area (Å²) in [5, 5.41) is 6.07. The molecule has 1 rings (SSSR count). The molecule has 106 valence electrons. The van der Waals surface area contributed by atoms with E-state index in [1.165, 1.54) is 0 Å². The van der Waals surface area contributed by atoms with Gasteiger partial charge in [-0.3, -0.25) is 9.59 Å². The van der Waals surface area contributed by atoms with Crippen molar-refractivity contribution in [2.75, 3.05) is 26.2 Å². The van der Waals surface area contributed by atoms with Crippen molar-refractivity contribution < 1.29 is 14.3 Å². The van der Waals surface area contributed by atoms with Crippen molar-refractivity contribution in [2.24, 2.45) is 5.92 Å². The highest BCUT2D eigenvalue weighted by Crippen LogP contribution is 2.09. The van der Waals surface area contributed by atoms with E-state index in [9.17, 15) is 9.59 Å². The molecule has 0 spiro atoms. The van der Waals surface area contributed by atoms with Gasteiger partial charge in [0.05, 0.1) is 12.5 Å². The van der Waals surface area contributed by atoms with Gasteiger partial charge < -0.3 is 15.4 Å². The van der Waals surface area contributed by atoms with Crippen LogP contribution in [0.1, 0.15) is 32.6 Å². The molecule has 1 fully saturated rings. The Bertz CT molecular complexity index is 256. The summed E-state index contributed by atoms with van der Waals surface area (Å²) in [7, 11) is 0. The summed E-state index contributed by atoms with van der Waals surface area (Å²) in [6.07, 6.45) is 3.03. The van der Waals surface area contributed by atoms with Gasteiger partial charge in [0.2, 0.25) is 5.91 Å². The first-order chi connectivity index (χ1) is 8.24.